The van der Waals surface area contributed by atoms with Crippen molar-refractivity contribution in [2.75, 3.05) is 5.73 Å². The third-order valence-electron chi connectivity index (χ3n) is 3.68. The Morgan fingerprint density at radius 2 is 2.14 bits per heavy atom. The lowest BCUT2D eigenvalue weighted by Crippen LogP contribution is -2.30. The molecule has 1 unspecified atom stereocenters. The predicted octanol–water partition coefficient (Wildman–Crippen LogP) is 1.29. The van der Waals surface area contributed by atoms with Gasteiger partial charge in [0.25, 0.3) is 0 Å². The minimum atomic E-state index is -0.110. The van der Waals surface area contributed by atoms with Crippen LogP contribution >= 0.6 is 15.9 Å². The SMILES string of the molecule is CCc1nn(CC)c(CC(NN)c2cnn(C)c2N)c1Br. The fourth-order valence-corrected chi connectivity index (χ4v) is 3.12. The molecule has 21 heavy (non-hydrogen) atoms. The van der Waals surface area contributed by atoms with E-state index < -0.39 is 0 Å². The average Bonchev–Trinajstić information content (AvgIpc) is 2.98. The molecule has 0 saturated heterocycles. The van der Waals surface area contributed by atoms with E-state index >= 15 is 0 Å². The first kappa shape index (κ1) is 16.0. The van der Waals surface area contributed by atoms with Crippen molar-refractivity contribution < 1.29 is 0 Å². The van der Waals surface area contributed by atoms with Crippen LogP contribution in [-0.2, 0) is 26.4 Å². The molecule has 2 rings (SSSR count). The summed E-state index contributed by atoms with van der Waals surface area (Å²) in [6.45, 7) is 4.98. The molecule has 0 aliphatic carbocycles. The second kappa shape index (κ2) is 6.59. The molecule has 8 heteroatoms. The zero-order valence-electron chi connectivity index (χ0n) is 12.6. The van der Waals surface area contributed by atoms with Crippen molar-refractivity contribution in [1.82, 2.24) is 25.0 Å². The van der Waals surface area contributed by atoms with E-state index in [0.29, 0.717) is 12.2 Å². The average molecular weight is 356 g/mol. The molecule has 0 aliphatic heterocycles. The molecule has 0 aliphatic rings. The number of nitrogens with zero attached hydrogens (tertiary/aromatic N) is 4. The van der Waals surface area contributed by atoms with Gasteiger partial charge in [0.05, 0.1) is 28.1 Å². The summed E-state index contributed by atoms with van der Waals surface area (Å²) >= 11 is 3.65. The Bertz CT molecular complexity index is 616. The first-order valence-electron chi connectivity index (χ1n) is 7.00. The second-order valence-electron chi connectivity index (χ2n) is 4.91. The number of hydrogen-bond donors (Lipinski definition) is 3. The molecule has 2 heterocycles. The van der Waals surface area contributed by atoms with Gasteiger partial charge in [0.15, 0.2) is 0 Å². The number of nitrogens with one attached hydrogen (secondary N) is 1. The standard InChI is InChI=1S/C13H22BrN7/c1-4-9-12(14)11(21(5-2)19-9)6-10(18-16)8-7-17-20(3)13(8)15/h7,10,18H,4-6,15-16H2,1-3H3. The number of aromatic nitrogens is 4. The third kappa shape index (κ3) is 2.97. The van der Waals surface area contributed by atoms with Gasteiger partial charge < -0.3 is 5.73 Å². The molecule has 116 valence electrons. The van der Waals surface area contributed by atoms with Gasteiger partial charge in [0, 0.05) is 25.6 Å². The molecule has 0 fully saturated rings. The van der Waals surface area contributed by atoms with Crippen LogP contribution in [0.3, 0.4) is 0 Å². The minimum absolute atomic E-state index is 0.110. The fraction of sp³-hybridized carbons (Fsp3) is 0.538. The molecular weight excluding hydrogens is 334 g/mol. The molecule has 2 aromatic heterocycles. The topological polar surface area (TPSA) is 99.7 Å². The molecule has 5 N–H and O–H groups in total. The highest BCUT2D eigenvalue weighted by Gasteiger charge is 2.22. The monoisotopic (exact) mass is 355 g/mol. The van der Waals surface area contributed by atoms with Crippen LogP contribution in [0.2, 0.25) is 0 Å². The molecule has 1 atom stereocenters. The summed E-state index contributed by atoms with van der Waals surface area (Å²) in [5.41, 5.74) is 11.9. The highest BCUT2D eigenvalue weighted by atomic mass is 79.9. The molecule has 2 aromatic rings. The number of hydrazine groups is 1. The van der Waals surface area contributed by atoms with Gasteiger partial charge in [-0.15, -0.1) is 0 Å². The quantitative estimate of drug-likeness (QED) is 0.535. The Morgan fingerprint density at radius 1 is 1.43 bits per heavy atom. The van der Waals surface area contributed by atoms with Crippen molar-refractivity contribution in [2.45, 2.75) is 39.3 Å². The maximum Gasteiger partial charge on any atom is 0.126 e. The third-order valence-corrected chi connectivity index (χ3v) is 4.60. The summed E-state index contributed by atoms with van der Waals surface area (Å²) in [7, 11) is 1.81. The first-order chi connectivity index (χ1) is 10.0. The lowest BCUT2D eigenvalue weighted by Gasteiger charge is -2.16. The normalized spacial score (nSPS) is 12.8. The predicted molar refractivity (Wildman–Crippen MR) is 86.4 cm³/mol. The van der Waals surface area contributed by atoms with Crippen molar-refractivity contribution in [3.63, 3.8) is 0 Å². The molecule has 0 radical (unpaired) electrons. The largest absolute Gasteiger partial charge is 0.384 e. The van der Waals surface area contributed by atoms with Gasteiger partial charge in [0.2, 0.25) is 0 Å². The van der Waals surface area contributed by atoms with Crippen LogP contribution in [0.15, 0.2) is 10.7 Å². The van der Waals surface area contributed by atoms with E-state index in [4.69, 9.17) is 11.6 Å². The number of halogens is 1. The van der Waals surface area contributed by atoms with Crippen molar-refractivity contribution in [2.24, 2.45) is 12.9 Å². The maximum atomic E-state index is 6.04. The van der Waals surface area contributed by atoms with Crippen molar-refractivity contribution in [1.29, 1.82) is 0 Å². The van der Waals surface area contributed by atoms with Gasteiger partial charge in [0.1, 0.15) is 5.82 Å². The summed E-state index contributed by atoms with van der Waals surface area (Å²) < 4.78 is 4.69. The van der Waals surface area contributed by atoms with Crippen LogP contribution < -0.4 is 17.0 Å². The molecule has 7 nitrogen and oxygen atoms in total. The maximum absolute atomic E-state index is 6.04. The van der Waals surface area contributed by atoms with Crippen molar-refractivity contribution in [3.8, 4) is 0 Å². The number of aryl methyl sites for hydroxylation is 3. The number of anilines is 1. The molecular formula is C13H22BrN7. The number of rotatable bonds is 6. The van der Waals surface area contributed by atoms with E-state index in [-0.39, 0.29) is 6.04 Å². The second-order valence-corrected chi connectivity index (χ2v) is 5.70. The van der Waals surface area contributed by atoms with E-state index in [0.717, 1.165) is 34.4 Å². The number of nitrogen functional groups attached to an aromatic ring is 1. The van der Waals surface area contributed by atoms with Crippen LogP contribution in [-0.4, -0.2) is 19.6 Å². The Balaban J connectivity index is 2.35. The molecule has 0 amide bonds. The highest BCUT2D eigenvalue weighted by Crippen LogP contribution is 2.28. The summed E-state index contributed by atoms with van der Waals surface area (Å²) in [6.07, 6.45) is 3.32. The smallest absolute Gasteiger partial charge is 0.126 e. The van der Waals surface area contributed by atoms with Gasteiger partial charge in [-0.1, -0.05) is 6.92 Å². The Hall–Kier alpha value is -1.38. The number of nitrogens with two attached hydrogens (primary N) is 2. The van der Waals surface area contributed by atoms with Gasteiger partial charge in [-0.3, -0.25) is 20.6 Å². The zero-order chi connectivity index (χ0) is 15.6. The molecule has 0 spiro atoms. The van der Waals surface area contributed by atoms with E-state index in [1.54, 1.807) is 10.9 Å². The van der Waals surface area contributed by atoms with E-state index in [2.05, 4.69) is 45.4 Å². The molecule has 0 saturated carbocycles. The molecule has 0 aromatic carbocycles. The zero-order valence-corrected chi connectivity index (χ0v) is 14.2. The van der Waals surface area contributed by atoms with Crippen LogP contribution in [0.5, 0.6) is 0 Å². The Morgan fingerprint density at radius 3 is 2.62 bits per heavy atom. The number of hydrogen-bond acceptors (Lipinski definition) is 5. The lowest BCUT2D eigenvalue weighted by atomic mass is 10.0. The van der Waals surface area contributed by atoms with Crippen LogP contribution in [0.4, 0.5) is 5.82 Å². The van der Waals surface area contributed by atoms with Crippen LogP contribution in [0, 0.1) is 0 Å². The van der Waals surface area contributed by atoms with Gasteiger partial charge in [-0.05, 0) is 29.3 Å². The fourth-order valence-electron chi connectivity index (χ4n) is 2.40. The van der Waals surface area contributed by atoms with Gasteiger partial charge >= 0.3 is 0 Å². The van der Waals surface area contributed by atoms with Crippen molar-refractivity contribution >= 4 is 21.7 Å². The van der Waals surface area contributed by atoms with E-state index in [1.165, 1.54) is 0 Å². The first-order valence-corrected chi connectivity index (χ1v) is 7.80. The highest BCUT2D eigenvalue weighted by molar-refractivity contribution is 9.10. The van der Waals surface area contributed by atoms with E-state index in [9.17, 15) is 0 Å². The van der Waals surface area contributed by atoms with Crippen molar-refractivity contribution in [3.05, 3.63) is 27.6 Å². The van der Waals surface area contributed by atoms with E-state index in [1.807, 2.05) is 11.7 Å². The lowest BCUT2D eigenvalue weighted by molar-refractivity contribution is 0.516. The van der Waals surface area contributed by atoms with Gasteiger partial charge in [-0.2, -0.15) is 10.2 Å². The summed E-state index contributed by atoms with van der Waals surface area (Å²) in [5, 5.41) is 8.78. The summed E-state index contributed by atoms with van der Waals surface area (Å²) in [5.74, 6) is 6.34. The van der Waals surface area contributed by atoms with Crippen LogP contribution in [0.1, 0.15) is 36.8 Å². The van der Waals surface area contributed by atoms with Gasteiger partial charge in [-0.25, -0.2) is 0 Å². The summed E-state index contributed by atoms with van der Waals surface area (Å²) in [4.78, 5) is 0. The Labute approximate surface area is 132 Å². The minimum Gasteiger partial charge on any atom is -0.384 e. The Kier molecular flexibility index (Phi) is 5.02. The van der Waals surface area contributed by atoms with Crippen LogP contribution in [0.25, 0.3) is 0 Å². The molecule has 0 bridgehead atoms. The summed E-state index contributed by atoms with van der Waals surface area (Å²) in [6, 6.07) is -0.110.